The van der Waals surface area contributed by atoms with Crippen LogP contribution in [0, 0.1) is 0 Å². The molecule has 1 aliphatic rings. The maximum Gasteiger partial charge on any atom is 0.273 e. The van der Waals surface area contributed by atoms with Gasteiger partial charge in [0.15, 0.2) is 11.5 Å². The summed E-state index contributed by atoms with van der Waals surface area (Å²) in [7, 11) is 3.00. The Morgan fingerprint density at radius 1 is 1.19 bits per heavy atom. The van der Waals surface area contributed by atoms with Crippen LogP contribution in [0.3, 0.4) is 0 Å². The van der Waals surface area contributed by atoms with Gasteiger partial charge in [0, 0.05) is 6.54 Å². The molecule has 21 heavy (non-hydrogen) atoms. The Hall–Kier alpha value is -2.27. The summed E-state index contributed by atoms with van der Waals surface area (Å²) in [6.07, 6.45) is 1.47. The van der Waals surface area contributed by atoms with Gasteiger partial charge in [0.1, 0.15) is 5.03 Å². The largest absolute Gasteiger partial charge is 0.493 e. The number of nitrogens with zero attached hydrogens (tertiary/aromatic N) is 1. The van der Waals surface area contributed by atoms with Gasteiger partial charge in [-0.3, -0.25) is 14.5 Å². The second kappa shape index (κ2) is 6.01. The lowest BCUT2D eigenvalue weighted by atomic mass is 10.1. The molecule has 1 aliphatic heterocycles. The van der Waals surface area contributed by atoms with Crippen molar-refractivity contribution in [3.63, 3.8) is 0 Å². The first-order valence-electron chi connectivity index (χ1n) is 6.14. The van der Waals surface area contributed by atoms with Crippen molar-refractivity contribution in [3.8, 4) is 11.5 Å². The molecular formula is C15H14ClNO4. The third-order valence-electron chi connectivity index (χ3n) is 3.10. The van der Waals surface area contributed by atoms with E-state index >= 15 is 0 Å². The summed E-state index contributed by atoms with van der Waals surface area (Å²) in [4.78, 5) is 25.3. The number of ether oxygens (including phenoxy) is 2. The fourth-order valence-corrected chi connectivity index (χ4v) is 2.38. The third-order valence-corrected chi connectivity index (χ3v) is 3.45. The molecular weight excluding hydrogens is 294 g/mol. The summed E-state index contributed by atoms with van der Waals surface area (Å²) in [5, 5.41) is -0.103. The highest BCUT2D eigenvalue weighted by atomic mass is 35.5. The number of hydrogen-bond donors (Lipinski definition) is 0. The number of imide groups is 1. The van der Waals surface area contributed by atoms with Crippen LogP contribution in [-0.4, -0.2) is 37.5 Å². The molecule has 2 amide bonds. The Labute approximate surface area is 127 Å². The van der Waals surface area contributed by atoms with E-state index in [1.54, 1.807) is 18.2 Å². The fraction of sp³-hybridized carbons (Fsp3) is 0.200. The van der Waals surface area contributed by atoms with Gasteiger partial charge in [0.2, 0.25) is 0 Å². The Bertz CT molecular complexity index is 651. The molecule has 0 aromatic heterocycles. The van der Waals surface area contributed by atoms with Crippen molar-refractivity contribution < 1.29 is 19.1 Å². The first-order chi connectivity index (χ1) is 10.0. The van der Waals surface area contributed by atoms with Crippen molar-refractivity contribution in [2.24, 2.45) is 0 Å². The highest BCUT2D eigenvalue weighted by Crippen LogP contribution is 2.36. The van der Waals surface area contributed by atoms with Gasteiger partial charge in [-0.2, -0.15) is 0 Å². The molecule has 2 rings (SSSR count). The van der Waals surface area contributed by atoms with E-state index in [4.69, 9.17) is 21.1 Å². The van der Waals surface area contributed by atoms with Crippen molar-refractivity contribution in [2.75, 3.05) is 20.8 Å². The zero-order valence-corrected chi connectivity index (χ0v) is 12.4. The minimum Gasteiger partial charge on any atom is -0.493 e. The van der Waals surface area contributed by atoms with Gasteiger partial charge in [-0.05, 0) is 17.7 Å². The van der Waals surface area contributed by atoms with Gasteiger partial charge >= 0.3 is 0 Å². The molecule has 1 aromatic carbocycles. The highest BCUT2D eigenvalue weighted by Gasteiger charge is 2.37. The monoisotopic (exact) mass is 307 g/mol. The molecule has 0 fully saturated rings. The zero-order valence-electron chi connectivity index (χ0n) is 11.7. The highest BCUT2D eigenvalue weighted by molar-refractivity contribution is 6.55. The first kappa shape index (κ1) is 15.1. The zero-order chi connectivity index (χ0) is 15.6. The van der Waals surface area contributed by atoms with Crippen molar-refractivity contribution in [1.82, 2.24) is 4.90 Å². The fourth-order valence-electron chi connectivity index (χ4n) is 2.08. The van der Waals surface area contributed by atoms with Crippen LogP contribution >= 0.6 is 11.6 Å². The molecule has 6 heteroatoms. The van der Waals surface area contributed by atoms with Crippen LogP contribution in [0.2, 0.25) is 0 Å². The smallest absolute Gasteiger partial charge is 0.273 e. The Morgan fingerprint density at radius 2 is 1.86 bits per heavy atom. The Morgan fingerprint density at radius 3 is 2.43 bits per heavy atom. The number of amides is 2. The molecule has 0 saturated carbocycles. The van der Waals surface area contributed by atoms with Gasteiger partial charge in [-0.1, -0.05) is 23.7 Å². The minimum atomic E-state index is -0.522. The first-order valence-corrected chi connectivity index (χ1v) is 6.52. The Balaban J connectivity index is 2.48. The predicted molar refractivity (Wildman–Crippen MR) is 79.2 cm³/mol. The number of hydrogen-bond acceptors (Lipinski definition) is 4. The van der Waals surface area contributed by atoms with Crippen LogP contribution in [0.25, 0.3) is 5.57 Å². The maximum absolute atomic E-state index is 12.3. The average Bonchev–Trinajstić information content (AvgIpc) is 2.71. The van der Waals surface area contributed by atoms with E-state index in [0.717, 1.165) is 4.90 Å². The van der Waals surface area contributed by atoms with Crippen molar-refractivity contribution in [3.05, 3.63) is 41.4 Å². The molecule has 5 nitrogen and oxygen atoms in total. The normalized spacial score (nSPS) is 14.7. The molecule has 110 valence electrons. The van der Waals surface area contributed by atoms with Crippen LogP contribution in [0.4, 0.5) is 0 Å². The van der Waals surface area contributed by atoms with E-state index in [9.17, 15) is 9.59 Å². The van der Waals surface area contributed by atoms with E-state index in [-0.39, 0.29) is 17.2 Å². The summed E-state index contributed by atoms with van der Waals surface area (Å²) in [5.41, 5.74) is 0.659. The lowest BCUT2D eigenvalue weighted by Gasteiger charge is -2.12. The van der Waals surface area contributed by atoms with Crippen molar-refractivity contribution in [1.29, 1.82) is 0 Å². The van der Waals surface area contributed by atoms with Gasteiger partial charge in [-0.25, -0.2) is 0 Å². The summed E-state index contributed by atoms with van der Waals surface area (Å²) in [6, 6.07) is 4.92. The van der Waals surface area contributed by atoms with Gasteiger partial charge in [0.05, 0.1) is 19.8 Å². The second-order valence-electron chi connectivity index (χ2n) is 4.27. The van der Waals surface area contributed by atoms with E-state index in [0.29, 0.717) is 17.1 Å². The Kier molecular flexibility index (Phi) is 4.33. The van der Waals surface area contributed by atoms with Crippen molar-refractivity contribution in [2.45, 2.75) is 0 Å². The molecule has 0 saturated heterocycles. The molecule has 0 spiro atoms. The predicted octanol–water partition coefficient (Wildman–Crippen LogP) is 2.21. The maximum atomic E-state index is 12.3. The molecule has 0 radical (unpaired) electrons. The number of carbonyl (C=O) groups excluding carboxylic acids is 2. The van der Waals surface area contributed by atoms with Gasteiger partial charge in [0.25, 0.3) is 11.8 Å². The summed E-state index contributed by atoms with van der Waals surface area (Å²) >= 11 is 6.02. The number of rotatable bonds is 5. The molecule has 0 aliphatic carbocycles. The quantitative estimate of drug-likeness (QED) is 0.618. The standard InChI is InChI=1S/C15H14ClNO4/c1-4-7-17-14(18)12(13(16)15(17)19)9-5-6-10(20-2)11(8-9)21-3/h4-6,8H,1,7H2,2-3H3. The van der Waals surface area contributed by atoms with E-state index < -0.39 is 11.8 Å². The lowest BCUT2D eigenvalue weighted by molar-refractivity contribution is -0.135. The summed E-state index contributed by atoms with van der Waals surface area (Å²) in [6.45, 7) is 3.64. The molecule has 1 aromatic rings. The van der Waals surface area contributed by atoms with Crippen LogP contribution in [0.5, 0.6) is 11.5 Å². The molecule has 0 bridgehead atoms. The van der Waals surface area contributed by atoms with Crippen molar-refractivity contribution >= 4 is 29.0 Å². The SMILES string of the molecule is C=CCN1C(=O)C(Cl)=C(c2ccc(OC)c(OC)c2)C1=O. The van der Waals surface area contributed by atoms with E-state index in [1.807, 2.05) is 0 Å². The van der Waals surface area contributed by atoms with E-state index in [1.165, 1.54) is 20.3 Å². The number of halogens is 1. The summed E-state index contributed by atoms with van der Waals surface area (Å²) in [5.74, 6) is 0.00977. The third kappa shape index (κ3) is 2.52. The minimum absolute atomic E-state index is 0.103. The van der Waals surface area contributed by atoms with E-state index in [2.05, 4.69) is 6.58 Å². The lowest BCUT2D eigenvalue weighted by Crippen LogP contribution is -2.31. The van der Waals surface area contributed by atoms with Crippen LogP contribution in [-0.2, 0) is 9.59 Å². The van der Waals surface area contributed by atoms with Crippen LogP contribution < -0.4 is 9.47 Å². The van der Waals surface area contributed by atoms with Gasteiger partial charge < -0.3 is 9.47 Å². The molecule has 0 atom stereocenters. The van der Waals surface area contributed by atoms with Crippen LogP contribution in [0.15, 0.2) is 35.9 Å². The van der Waals surface area contributed by atoms with Crippen LogP contribution in [0.1, 0.15) is 5.56 Å². The topological polar surface area (TPSA) is 55.8 Å². The molecule has 0 unspecified atom stereocenters. The second-order valence-corrected chi connectivity index (χ2v) is 4.65. The number of methoxy groups -OCH3 is 2. The van der Waals surface area contributed by atoms with Gasteiger partial charge in [-0.15, -0.1) is 6.58 Å². The average molecular weight is 308 g/mol. The number of carbonyl (C=O) groups is 2. The molecule has 1 heterocycles. The number of benzene rings is 1. The molecule has 0 N–H and O–H groups in total. The summed E-state index contributed by atoms with van der Waals surface area (Å²) < 4.78 is 10.3.